The molecule has 65 heavy (non-hydrogen) atoms. The molecule has 392 valence electrons. The number of rotatable bonds is 54. The van der Waals surface area contributed by atoms with E-state index in [0.29, 0.717) is 131 Å². The van der Waals surface area contributed by atoms with Crippen molar-refractivity contribution in [1.29, 1.82) is 0 Å². The Hall–Kier alpha value is -0.680. The molecule has 0 amide bonds. The second-order valence-corrected chi connectivity index (χ2v) is 16.4. The van der Waals surface area contributed by atoms with Crippen LogP contribution in [0.4, 0.5) is 0 Å². The lowest BCUT2D eigenvalue weighted by molar-refractivity contribution is -0.173. The first kappa shape index (κ1) is 64.3. The zero-order valence-corrected chi connectivity index (χ0v) is 41.2. The van der Waals surface area contributed by atoms with Crippen molar-refractivity contribution in [2.75, 3.05) is 132 Å². The SMILES string of the molecule is CCCCCC(OCCOCCOCCOCCOC(CCCCC)C(CO)OC(CO)C(CCCCC)OCCOCCOCCOCCOC(CCCCC)C(O)CO)C(O)CO. The maximum atomic E-state index is 10.5. The van der Waals surface area contributed by atoms with Crippen LogP contribution >= 0.6 is 0 Å². The number of aliphatic hydroxyl groups is 6. The lowest BCUT2D eigenvalue weighted by Crippen LogP contribution is -2.44. The van der Waals surface area contributed by atoms with E-state index in [-0.39, 0.29) is 26.4 Å². The van der Waals surface area contributed by atoms with Crippen LogP contribution in [0.15, 0.2) is 0 Å². The normalized spacial score (nSPS) is 15.8. The summed E-state index contributed by atoms with van der Waals surface area (Å²) in [6.07, 6.45) is 10.2. The molecule has 0 aromatic rings. The van der Waals surface area contributed by atoms with Gasteiger partial charge in [0.15, 0.2) is 0 Å². The summed E-state index contributed by atoms with van der Waals surface area (Å²) in [6, 6.07) is 0. The maximum Gasteiger partial charge on any atom is 0.107 e. The van der Waals surface area contributed by atoms with Crippen LogP contribution in [0.3, 0.4) is 0 Å². The molecule has 17 heteroatoms. The summed E-state index contributed by atoms with van der Waals surface area (Å²) in [5.74, 6) is 0. The molecular formula is C48H98O17. The van der Waals surface area contributed by atoms with Gasteiger partial charge in [0.2, 0.25) is 0 Å². The Balaban J connectivity index is 4.58. The van der Waals surface area contributed by atoms with Gasteiger partial charge in [-0.2, -0.15) is 0 Å². The number of hydrogen-bond donors (Lipinski definition) is 6. The van der Waals surface area contributed by atoms with E-state index in [2.05, 4.69) is 27.7 Å². The van der Waals surface area contributed by atoms with Crippen molar-refractivity contribution in [3.05, 3.63) is 0 Å². The van der Waals surface area contributed by atoms with E-state index in [1.54, 1.807) is 0 Å². The Morgan fingerprint density at radius 2 is 0.508 bits per heavy atom. The molecule has 0 aromatic carbocycles. The van der Waals surface area contributed by atoms with Crippen LogP contribution in [-0.2, 0) is 52.1 Å². The largest absolute Gasteiger partial charge is 0.394 e. The molecule has 0 rings (SSSR count). The van der Waals surface area contributed by atoms with Gasteiger partial charge in [0, 0.05) is 0 Å². The molecule has 0 spiro atoms. The molecule has 0 aliphatic carbocycles. The predicted molar refractivity (Wildman–Crippen MR) is 249 cm³/mol. The van der Waals surface area contributed by atoms with Crippen LogP contribution in [0, 0.1) is 0 Å². The van der Waals surface area contributed by atoms with E-state index >= 15 is 0 Å². The average Bonchev–Trinajstić information content (AvgIpc) is 3.32. The lowest BCUT2D eigenvalue weighted by Gasteiger charge is -2.33. The Morgan fingerprint density at radius 3 is 0.738 bits per heavy atom. The Labute approximate surface area is 393 Å². The zero-order chi connectivity index (χ0) is 47.9. The van der Waals surface area contributed by atoms with Gasteiger partial charge in [-0.25, -0.2) is 0 Å². The van der Waals surface area contributed by atoms with Crippen LogP contribution < -0.4 is 0 Å². The molecule has 6 N–H and O–H groups in total. The van der Waals surface area contributed by atoms with Gasteiger partial charge in [-0.05, 0) is 25.7 Å². The molecular weight excluding hydrogens is 849 g/mol. The van der Waals surface area contributed by atoms with E-state index in [1.165, 1.54) is 0 Å². The first-order chi connectivity index (χ1) is 31.9. The maximum absolute atomic E-state index is 10.5. The van der Waals surface area contributed by atoms with Crippen LogP contribution in [0.5, 0.6) is 0 Å². The summed E-state index contributed by atoms with van der Waals surface area (Å²) < 4.78 is 64.2. The second-order valence-electron chi connectivity index (χ2n) is 16.4. The Kier molecular flexibility index (Phi) is 49.2. The Bertz CT molecular complexity index is 857. The van der Waals surface area contributed by atoms with Gasteiger partial charge < -0.3 is 82.7 Å². The number of aliphatic hydroxyl groups excluding tert-OH is 6. The third kappa shape index (κ3) is 37.8. The van der Waals surface area contributed by atoms with Crippen molar-refractivity contribution in [3.63, 3.8) is 0 Å². The second kappa shape index (κ2) is 49.7. The highest BCUT2D eigenvalue weighted by molar-refractivity contribution is 4.78. The van der Waals surface area contributed by atoms with Gasteiger partial charge in [-0.3, -0.25) is 0 Å². The van der Waals surface area contributed by atoms with Gasteiger partial charge in [-0.15, -0.1) is 0 Å². The lowest BCUT2D eigenvalue weighted by atomic mass is 10.0. The van der Waals surface area contributed by atoms with E-state index in [9.17, 15) is 30.6 Å². The molecule has 8 unspecified atom stereocenters. The van der Waals surface area contributed by atoms with Crippen LogP contribution in [-0.4, -0.2) is 212 Å². The molecule has 0 aromatic heterocycles. The summed E-state index contributed by atoms with van der Waals surface area (Å²) in [5, 5.41) is 59.5. The number of ether oxygens (including phenoxy) is 11. The van der Waals surface area contributed by atoms with Gasteiger partial charge in [0.1, 0.15) is 24.4 Å². The topological polar surface area (TPSA) is 223 Å². The molecule has 0 fully saturated rings. The predicted octanol–water partition coefficient (Wildman–Crippen LogP) is 4.39. The monoisotopic (exact) mass is 947 g/mol. The average molecular weight is 947 g/mol. The van der Waals surface area contributed by atoms with Gasteiger partial charge >= 0.3 is 0 Å². The fourth-order valence-electron chi connectivity index (χ4n) is 6.98. The van der Waals surface area contributed by atoms with Gasteiger partial charge in [0.25, 0.3) is 0 Å². The molecule has 0 saturated carbocycles. The summed E-state index contributed by atoms with van der Waals surface area (Å²) in [6.45, 7) is 13.2. The van der Waals surface area contributed by atoms with Crippen LogP contribution in [0.2, 0.25) is 0 Å². The molecule has 17 nitrogen and oxygen atoms in total. The highest BCUT2D eigenvalue weighted by Gasteiger charge is 2.30. The molecule has 0 aliphatic heterocycles. The summed E-state index contributed by atoms with van der Waals surface area (Å²) >= 11 is 0. The van der Waals surface area contributed by atoms with E-state index in [4.69, 9.17) is 52.1 Å². The van der Waals surface area contributed by atoms with E-state index in [1.807, 2.05) is 0 Å². The summed E-state index contributed by atoms with van der Waals surface area (Å²) in [7, 11) is 0. The minimum absolute atomic E-state index is 0.266. The van der Waals surface area contributed by atoms with Gasteiger partial charge in [-0.1, -0.05) is 105 Å². The van der Waals surface area contributed by atoms with Crippen molar-refractivity contribution in [1.82, 2.24) is 0 Å². The van der Waals surface area contributed by atoms with Crippen molar-refractivity contribution in [2.45, 2.75) is 179 Å². The van der Waals surface area contributed by atoms with E-state index in [0.717, 1.165) is 77.0 Å². The van der Waals surface area contributed by atoms with Crippen molar-refractivity contribution >= 4 is 0 Å². The number of hydrogen-bond acceptors (Lipinski definition) is 17. The third-order valence-electron chi connectivity index (χ3n) is 10.9. The smallest absolute Gasteiger partial charge is 0.107 e. The summed E-state index contributed by atoms with van der Waals surface area (Å²) in [4.78, 5) is 0. The third-order valence-corrected chi connectivity index (χ3v) is 10.9. The highest BCUT2D eigenvalue weighted by atomic mass is 16.6. The standard InChI is InChI=1S/C48H98O17/c1-5-9-13-17-43(41(53)37-49)61-33-29-57-25-21-55-23-27-59-31-35-63-45(19-15-11-7-3)47(39-51)65-48(40-52)46(20-16-12-8-4)64-36-32-60-28-24-56-22-26-58-30-34-62-44(42(54)38-50)18-14-10-6-2/h41-54H,5-40H2,1-4H3. The minimum Gasteiger partial charge on any atom is -0.394 e. The highest BCUT2D eigenvalue weighted by Crippen LogP contribution is 2.20. The fourth-order valence-corrected chi connectivity index (χ4v) is 6.98. The quantitative estimate of drug-likeness (QED) is 0.0466. The number of unbranched alkanes of at least 4 members (excludes halogenated alkanes) is 8. The van der Waals surface area contributed by atoms with Crippen molar-refractivity contribution in [2.24, 2.45) is 0 Å². The van der Waals surface area contributed by atoms with Crippen LogP contribution in [0.1, 0.15) is 130 Å². The summed E-state index contributed by atoms with van der Waals surface area (Å²) in [5.41, 5.74) is 0. The van der Waals surface area contributed by atoms with Crippen molar-refractivity contribution < 1.29 is 82.7 Å². The minimum atomic E-state index is -0.891. The molecule has 8 atom stereocenters. The molecule has 0 saturated heterocycles. The molecule has 0 radical (unpaired) electrons. The first-order valence-electron chi connectivity index (χ1n) is 25.2. The molecule has 0 heterocycles. The molecule has 0 aliphatic rings. The first-order valence-corrected chi connectivity index (χ1v) is 25.2. The van der Waals surface area contributed by atoms with Crippen LogP contribution in [0.25, 0.3) is 0 Å². The van der Waals surface area contributed by atoms with Gasteiger partial charge in [0.05, 0.1) is 157 Å². The van der Waals surface area contributed by atoms with Crippen molar-refractivity contribution in [3.8, 4) is 0 Å². The Morgan fingerprint density at radius 1 is 0.277 bits per heavy atom. The molecule has 0 bridgehead atoms. The van der Waals surface area contributed by atoms with E-state index < -0.39 is 48.8 Å². The fraction of sp³-hybridized carbons (Fsp3) is 1.00. The zero-order valence-electron chi connectivity index (χ0n) is 41.2.